The predicted octanol–water partition coefficient (Wildman–Crippen LogP) is 2.76. The molecule has 0 radical (unpaired) electrons. The number of nitrogens with one attached hydrogen (secondary N) is 1. The van der Waals surface area contributed by atoms with Crippen molar-refractivity contribution in [3.63, 3.8) is 0 Å². The second-order valence-corrected chi connectivity index (χ2v) is 7.93. The molecule has 1 N–H and O–H groups in total. The van der Waals surface area contributed by atoms with E-state index in [0.29, 0.717) is 22.8 Å². The molecular weight excluding hydrogens is 350 g/mol. The normalized spacial score (nSPS) is 25.3. The van der Waals surface area contributed by atoms with Crippen molar-refractivity contribution in [1.29, 1.82) is 0 Å². The topological polar surface area (TPSA) is 63.1 Å². The zero-order chi connectivity index (χ0) is 17.7. The number of amides is 1. The Balaban J connectivity index is 1.53. The van der Waals surface area contributed by atoms with Crippen LogP contribution in [0.3, 0.4) is 0 Å². The van der Waals surface area contributed by atoms with Crippen molar-refractivity contribution in [2.75, 3.05) is 13.1 Å². The number of rotatable bonds is 3. The highest BCUT2D eigenvalue weighted by molar-refractivity contribution is 6.32. The molecule has 0 spiro atoms. The molecule has 7 heteroatoms. The molecule has 3 aliphatic rings. The number of carbonyl (C=O) groups is 1. The fraction of sp³-hybridized carbons (Fsp3) is 0.526. The van der Waals surface area contributed by atoms with Crippen molar-refractivity contribution in [3.8, 4) is 5.69 Å². The number of fused-ring (bicyclic) bond motifs is 2. The highest BCUT2D eigenvalue weighted by Gasteiger charge is 2.41. The quantitative estimate of drug-likeness (QED) is 0.901. The van der Waals surface area contributed by atoms with Gasteiger partial charge in [0.2, 0.25) is 5.82 Å². The molecule has 1 aromatic heterocycles. The standard InChI is InChI=1S/C19H22ClN5O/c20-15-3-1-2-4-16(15)25-18(12-5-6-12)22-17(23-25)19(26)24-13-7-8-14(24)11-21-10-9-13/h1-4,12-14,21H,5-11H2. The largest absolute Gasteiger partial charge is 0.329 e. The summed E-state index contributed by atoms with van der Waals surface area (Å²) in [5.41, 5.74) is 0.795. The number of halogens is 1. The van der Waals surface area contributed by atoms with E-state index in [1.165, 1.54) is 0 Å². The molecule has 1 saturated carbocycles. The van der Waals surface area contributed by atoms with Crippen LogP contribution in [-0.2, 0) is 0 Å². The minimum absolute atomic E-state index is 0.0334. The van der Waals surface area contributed by atoms with Crippen LogP contribution in [0.25, 0.3) is 5.69 Å². The van der Waals surface area contributed by atoms with Crippen LogP contribution in [0.2, 0.25) is 5.02 Å². The maximum absolute atomic E-state index is 13.3. The number of carbonyl (C=O) groups excluding carboxylic acids is 1. The van der Waals surface area contributed by atoms with Crippen LogP contribution in [0.15, 0.2) is 24.3 Å². The highest BCUT2D eigenvalue weighted by Crippen LogP contribution is 2.40. The molecule has 1 aliphatic carbocycles. The molecule has 2 unspecified atom stereocenters. The molecule has 3 heterocycles. The van der Waals surface area contributed by atoms with Crippen LogP contribution in [0.5, 0.6) is 0 Å². The second kappa shape index (κ2) is 6.35. The predicted molar refractivity (Wildman–Crippen MR) is 98.8 cm³/mol. The molecule has 5 rings (SSSR count). The number of aromatic nitrogens is 3. The molecule has 1 aromatic carbocycles. The van der Waals surface area contributed by atoms with Crippen molar-refractivity contribution in [2.45, 2.75) is 50.1 Å². The van der Waals surface area contributed by atoms with Crippen LogP contribution in [0.4, 0.5) is 0 Å². The van der Waals surface area contributed by atoms with Crippen LogP contribution >= 0.6 is 11.6 Å². The molecule has 6 nitrogen and oxygen atoms in total. The Morgan fingerprint density at radius 3 is 2.73 bits per heavy atom. The SMILES string of the molecule is O=C(c1nc(C2CC2)n(-c2ccccc2Cl)n1)N1C2CCNCC1CC2. The first-order chi connectivity index (χ1) is 12.7. The van der Waals surface area contributed by atoms with Crippen molar-refractivity contribution in [1.82, 2.24) is 25.0 Å². The molecule has 2 saturated heterocycles. The molecule has 136 valence electrons. The van der Waals surface area contributed by atoms with Crippen LogP contribution in [-0.4, -0.2) is 50.7 Å². The van der Waals surface area contributed by atoms with E-state index in [4.69, 9.17) is 11.6 Å². The molecule has 3 fully saturated rings. The summed E-state index contributed by atoms with van der Waals surface area (Å²) < 4.78 is 1.78. The first kappa shape index (κ1) is 16.3. The number of benzene rings is 1. The van der Waals surface area contributed by atoms with Gasteiger partial charge in [-0.1, -0.05) is 23.7 Å². The Morgan fingerprint density at radius 2 is 1.92 bits per heavy atom. The molecule has 1 amide bonds. The Hall–Kier alpha value is -1.92. The van der Waals surface area contributed by atoms with E-state index in [0.717, 1.165) is 56.7 Å². The molecule has 2 aromatic rings. The average Bonchev–Trinajstić information content (AvgIpc) is 3.30. The number of hydrogen-bond donors (Lipinski definition) is 1. The summed E-state index contributed by atoms with van der Waals surface area (Å²) in [4.78, 5) is 20.0. The maximum Gasteiger partial charge on any atom is 0.294 e. The van der Waals surface area contributed by atoms with Gasteiger partial charge in [-0.2, -0.15) is 0 Å². The second-order valence-electron chi connectivity index (χ2n) is 7.52. The lowest BCUT2D eigenvalue weighted by Gasteiger charge is -2.26. The number of nitrogens with zero attached hydrogens (tertiary/aromatic N) is 4. The molecular formula is C19H22ClN5O. The van der Waals surface area contributed by atoms with E-state index in [-0.39, 0.29) is 11.9 Å². The van der Waals surface area contributed by atoms with Gasteiger partial charge in [0.1, 0.15) is 5.82 Å². The van der Waals surface area contributed by atoms with E-state index in [1.54, 1.807) is 4.68 Å². The summed E-state index contributed by atoms with van der Waals surface area (Å²) in [7, 11) is 0. The monoisotopic (exact) mass is 371 g/mol. The van der Waals surface area contributed by atoms with Crippen LogP contribution in [0, 0.1) is 0 Å². The summed E-state index contributed by atoms with van der Waals surface area (Å²) in [6.07, 6.45) is 5.33. The fourth-order valence-corrected chi connectivity index (χ4v) is 4.47. The van der Waals surface area contributed by atoms with E-state index in [9.17, 15) is 4.79 Å². The number of para-hydroxylation sites is 1. The van der Waals surface area contributed by atoms with Crippen molar-refractivity contribution in [2.24, 2.45) is 0 Å². The molecule has 2 atom stereocenters. The maximum atomic E-state index is 13.3. The summed E-state index contributed by atoms with van der Waals surface area (Å²) >= 11 is 6.38. The van der Waals surface area contributed by atoms with Gasteiger partial charge < -0.3 is 10.2 Å². The minimum atomic E-state index is -0.0334. The van der Waals surface area contributed by atoms with Crippen molar-refractivity contribution >= 4 is 17.5 Å². The summed E-state index contributed by atoms with van der Waals surface area (Å²) in [6.45, 7) is 1.84. The zero-order valence-electron chi connectivity index (χ0n) is 14.6. The lowest BCUT2D eigenvalue weighted by Crippen LogP contribution is -2.43. The van der Waals surface area contributed by atoms with Crippen LogP contribution in [0.1, 0.15) is 54.5 Å². The van der Waals surface area contributed by atoms with E-state index in [1.807, 2.05) is 29.2 Å². The third-order valence-corrected chi connectivity index (χ3v) is 6.05. The van der Waals surface area contributed by atoms with Gasteiger partial charge in [-0.3, -0.25) is 4.79 Å². The molecule has 2 bridgehead atoms. The lowest BCUT2D eigenvalue weighted by molar-refractivity contribution is 0.0667. The van der Waals surface area contributed by atoms with Gasteiger partial charge >= 0.3 is 0 Å². The van der Waals surface area contributed by atoms with Gasteiger partial charge in [-0.05, 0) is 50.8 Å². The van der Waals surface area contributed by atoms with Crippen LogP contribution < -0.4 is 5.32 Å². The smallest absolute Gasteiger partial charge is 0.294 e. The van der Waals surface area contributed by atoms with Gasteiger partial charge in [0.15, 0.2) is 0 Å². The number of hydrogen-bond acceptors (Lipinski definition) is 4. The van der Waals surface area contributed by atoms with Gasteiger partial charge in [0, 0.05) is 24.5 Å². The third kappa shape index (κ3) is 2.72. The van der Waals surface area contributed by atoms with Crippen molar-refractivity contribution < 1.29 is 4.79 Å². The summed E-state index contributed by atoms with van der Waals surface area (Å²) in [6, 6.07) is 8.16. The Labute approximate surface area is 157 Å². The summed E-state index contributed by atoms with van der Waals surface area (Å²) in [5.74, 6) is 1.52. The van der Waals surface area contributed by atoms with E-state index >= 15 is 0 Å². The van der Waals surface area contributed by atoms with Crippen molar-refractivity contribution in [3.05, 3.63) is 40.9 Å². The van der Waals surface area contributed by atoms with E-state index in [2.05, 4.69) is 15.4 Å². The highest BCUT2D eigenvalue weighted by atomic mass is 35.5. The summed E-state index contributed by atoms with van der Waals surface area (Å²) in [5, 5.41) is 8.67. The minimum Gasteiger partial charge on any atom is -0.329 e. The Morgan fingerprint density at radius 1 is 1.12 bits per heavy atom. The van der Waals surface area contributed by atoms with Gasteiger partial charge in [0.05, 0.1) is 10.7 Å². The lowest BCUT2D eigenvalue weighted by atomic mass is 10.1. The molecule has 2 aliphatic heterocycles. The van der Waals surface area contributed by atoms with Gasteiger partial charge in [-0.25, -0.2) is 9.67 Å². The first-order valence-corrected chi connectivity index (χ1v) is 9.85. The Kier molecular flexibility index (Phi) is 3.98. The van der Waals surface area contributed by atoms with Gasteiger partial charge in [0.25, 0.3) is 5.91 Å². The zero-order valence-corrected chi connectivity index (χ0v) is 15.3. The van der Waals surface area contributed by atoms with Gasteiger partial charge in [-0.15, -0.1) is 5.10 Å². The fourth-order valence-electron chi connectivity index (χ4n) is 4.25. The first-order valence-electron chi connectivity index (χ1n) is 9.47. The third-order valence-electron chi connectivity index (χ3n) is 5.74. The molecule has 26 heavy (non-hydrogen) atoms. The van der Waals surface area contributed by atoms with E-state index < -0.39 is 0 Å². The average molecular weight is 372 g/mol. The Bertz CT molecular complexity index is 832.